The molecule has 0 aliphatic heterocycles. The van der Waals surface area contributed by atoms with Gasteiger partial charge in [-0.2, -0.15) is 0 Å². The van der Waals surface area contributed by atoms with E-state index in [0.29, 0.717) is 6.42 Å². The predicted molar refractivity (Wildman–Crippen MR) is 144 cm³/mol. The number of carbonyl (C=O) groups excluding carboxylic acids is 5. The van der Waals surface area contributed by atoms with Crippen LogP contribution in [0, 0.1) is 5.92 Å². The van der Waals surface area contributed by atoms with Crippen LogP contribution in [-0.4, -0.2) is 49.0 Å². The summed E-state index contributed by atoms with van der Waals surface area (Å²) in [6.45, 7) is 8.37. The smallest absolute Gasteiger partial charge is 0.423 e. The van der Waals surface area contributed by atoms with Gasteiger partial charge in [0, 0.05) is 0 Å². The monoisotopic (exact) mass is 540 g/mol. The van der Waals surface area contributed by atoms with Crippen molar-refractivity contribution in [3.63, 3.8) is 0 Å². The lowest BCUT2D eigenvalue weighted by Gasteiger charge is -2.22. The minimum absolute atomic E-state index is 0.0373. The lowest BCUT2D eigenvalue weighted by molar-refractivity contribution is -0.167. The number of hydrogen-bond acceptors (Lipinski definition) is 8. The molecule has 0 fully saturated rings. The van der Waals surface area contributed by atoms with Crippen LogP contribution < -0.4 is 10.6 Å². The highest BCUT2D eigenvalue weighted by atomic mass is 16.6. The number of nitrogens with one attached hydrogen (secondary N) is 2. The summed E-state index contributed by atoms with van der Waals surface area (Å²) >= 11 is 0. The topological polar surface area (TPSA) is 137 Å². The quantitative estimate of drug-likeness (QED) is 0.138. The molecule has 2 N–H and O–H groups in total. The summed E-state index contributed by atoms with van der Waals surface area (Å²) in [4.78, 5) is 62.8. The molecule has 2 aromatic carbocycles. The van der Waals surface area contributed by atoms with Crippen LogP contribution in [-0.2, 0) is 44.6 Å². The first-order valence-corrected chi connectivity index (χ1v) is 13.0. The molecule has 0 aliphatic carbocycles. The molecular formula is C29H36N2O8. The van der Waals surface area contributed by atoms with Crippen LogP contribution in [0.5, 0.6) is 0 Å². The Labute approximate surface area is 228 Å². The summed E-state index contributed by atoms with van der Waals surface area (Å²) in [6.07, 6.45) is 0.417. The summed E-state index contributed by atoms with van der Waals surface area (Å²) in [5.41, 5.74) is 0.743. The van der Waals surface area contributed by atoms with Gasteiger partial charge in [0.1, 0.15) is 6.04 Å². The SMILES string of the molecule is CCOC(=O)C(=O)O/C(C(=O)OCC)=C(/CC)NC(=O)[C@H](CC(C)C)NC(=O)Cc1cccc2ccccc12. The maximum atomic E-state index is 13.3. The van der Waals surface area contributed by atoms with Crippen LogP contribution in [0.3, 0.4) is 0 Å². The molecule has 210 valence electrons. The molecule has 0 aromatic heterocycles. The molecule has 0 bridgehead atoms. The Morgan fingerprint density at radius 2 is 1.46 bits per heavy atom. The maximum Gasteiger partial charge on any atom is 0.423 e. The van der Waals surface area contributed by atoms with Gasteiger partial charge >= 0.3 is 17.9 Å². The molecule has 0 spiro atoms. The fourth-order valence-corrected chi connectivity index (χ4v) is 3.86. The largest absolute Gasteiger partial charge is 0.460 e. The van der Waals surface area contributed by atoms with Crippen molar-refractivity contribution in [2.24, 2.45) is 5.92 Å². The molecule has 0 heterocycles. The van der Waals surface area contributed by atoms with Crippen molar-refractivity contribution in [3.8, 4) is 0 Å². The molecule has 2 amide bonds. The Morgan fingerprint density at radius 1 is 0.821 bits per heavy atom. The molecule has 0 radical (unpaired) electrons. The first kappa shape index (κ1) is 31.0. The van der Waals surface area contributed by atoms with E-state index in [-0.39, 0.29) is 43.6 Å². The van der Waals surface area contributed by atoms with Gasteiger partial charge in [0.15, 0.2) is 0 Å². The third kappa shape index (κ3) is 9.24. The number of benzene rings is 2. The molecule has 10 nitrogen and oxygen atoms in total. The van der Waals surface area contributed by atoms with Gasteiger partial charge in [-0.05, 0) is 48.9 Å². The van der Waals surface area contributed by atoms with E-state index < -0.39 is 35.6 Å². The van der Waals surface area contributed by atoms with E-state index in [0.717, 1.165) is 16.3 Å². The first-order valence-electron chi connectivity index (χ1n) is 13.0. The minimum atomic E-state index is -1.43. The van der Waals surface area contributed by atoms with Crippen molar-refractivity contribution in [1.82, 2.24) is 10.6 Å². The highest BCUT2D eigenvalue weighted by Gasteiger charge is 2.29. The van der Waals surface area contributed by atoms with Crippen LogP contribution >= 0.6 is 0 Å². The number of fused-ring (bicyclic) bond motifs is 1. The third-order valence-electron chi connectivity index (χ3n) is 5.59. The van der Waals surface area contributed by atoms with Crippen LogP contribution in [0.2, 0.25) is 0 Å². The predicted octanol–water partition coefficient (Wildman–Crippen LogP) is 3.32. The standard InChI is InChI=1S/C29H36N2O8/c1-6-22(25(27(34)37-7-2)39-29(36)28(35)38-8-3)31-26(33)23(16-18(4)5)30-24(32)17-20-14-11-13-19-12-9-10-15-21(19)20/h9-15,18,23H,6-8,16-17H2,1-5H3,(H,30,32)(H,31,33)/b25-22-/t23-/m0/s1. The Kier molecular flexibility index (Phi) is 12.1. The zero-order valence-corrected chi connectivity index (χ0v) is 23.0. The molecule has 39 heavy (non-hydrogen) atoms. The van der Waals surface area contributed by atoms with E-state index in [9.17, 15) is 24.0 Å². The summed E-state index contributed by atoms with van der Waals surface area (Å²) < 4.78 is 14.6. The van der Waals surface area contributed by atoms with E-state index in [4.69, 9.17) is 9.47 Å². The van der Waals surface area contributed by atoms with Gasteiger partial charge in [0.05, 0.1) is 25.3 Å². The number of amides is 2. The number of rotatable bonds is 12. The number of esters is 3. The highest BCUT2D eigenvalue weighted by molar-refractivity contribution is 6.30. The average Bonchev–Trinajstić information content (AvgIpc) is 2.90. The van der Waals surface area contributed by atoms with Gasteiger partial charge in [-0.15, -0.1) is 0 Å². The van der Waals surface area contributed by atoms with Crippen molar-refractivity contribution in [3.05, 3.63) is 59.5 Å². The Morgan fingerprint density at radius 3 is 2.10 bits per heavy atom. The summed E-state index contributed by atoms with van der Waals surface area (Å²) in [5.74, 6) is -5.31. The molecule has 10 heteroatoms. The molecule has 1 atom stereocenters. The van der Waals surface area contributed by atoms with Crippen LogP contribution in [0.4, 0.5) is 0 Å². The second-order valence-corrected chi connectivity index (χ2v) is 9.05. The molecule has 0 saturated heterocycles. The Bertz CT molecular complexity index is 1230. The van der Waals surface area contributed by atoms with Gasteiger partial charge < -0.3 is 24.8 Å². The van der Waals surface area contributed by atoms with Gasteiger partial charge in [-0.25, -0.2) is 14.4 Å². The molecule has 2 rings (SSSR count). The first-order chi connectivity index (χ1) is 18.6. The number of hydrogen-bond donors (Lipinski definition) is 2. The number of allylic oxidation sites excluding steroid dienone is 1. The molecule has 0 unspecified atom stereocenters. The van der Waals surface area contributed by atoms with Crippen LogP contribution in [0.1, 0.15) is 53.0 Å². The molecule has 0 saturated carbocycles. The zero-order valence-electron chi connectivity index (χ0n) is 23.0. The average molecular weight is 541 g/mol. The van der Waals surface area contributed by atoms with Crippen LogP contribution in [0.25, 0.3) is 10.8 Å². The lowest BCUT2D eigenvalue weighted by atomic mass is 10.0. The second-order valence-electron chi connectivity index (χ2n) is 9.05. The minimum Gasteiger partial charge on any atom is -0.460 e. The summed E-state index contributed by atoms with van der Waals surface area (Å²) in [5, 5.41) is 7.31. The van der Waals surface area contributed by atoms with Crippen molar-refractivity contribution in [1.29, 1.82) is 0 Å². The summed E-state index contributed by atoms with van der Waals surface area (Å²) in [7, 11) is 0. The van der Waals surface area contributed by atoms with E-state index in [1.807, 2.05) is 56.3 Å². The molecule has 0 aliphatic rings. The second kappa shape index (κ2) is 15.3. The lowest BCUT2D eigenvalue weighted by Crippen LogP contribution is -2.48. The van der Waals surface area contributed by atoms with Crippen molar-refractivity contribution >= 4 is 40.5 Å². The number of ether oxygens (including phenoxy) is 3. The highest BCUT2D eigenvalue weighted by Crippen LogP contribution is 2.19. The Hall–Kier alpha value is -4.21. The molecule has 2 aromatic rings. The number of carbonyl (C=O) groups is 5. The third-order valence-corrected chi connectivity index (χ3v) is 5.59. The van der Waals surface area contributed by atoms with Crippen molar-refractivity contribution < 1.29 is 38.2 Å². The summed E-state index contributed by atoms with van der Waals surface area (Å²) in [6, 6.07) is 12.5. The normalized spacial score (nSPS) is 12.3. The van der Waals surface area contributed by atoms with Gasteiger partial charge in [-0.1, -0.05) is 63.2 Å². The van der Waals surface area contributed by atoms with Crippen molar-refractivity contribution in [2.75, 3.05) is 13.2 Å². The molecular weight excluding hydrogens is 504 g/mol. The van der Waals surface area contributed by atoms with Gasteiger partial charge in [0.2, 0.25) is 17.6 Å². The Balaban J connectivity index is 2.28. The van der Waals surface area contributed by atoms with Crippen molar-refractivity contribution in [2.45, 2.75) is 59.9 Å². The van der Waals surface area contributed by atoms with E-state index in [2.05, 4.69) is 15.4 Å². The van der Waals surface area contributed by atoms with Gasteiger partial charge in [0.25, 0.3) is 0 Å². The fourth-order valence-electron chi connectivity index (χ4n) is 3.86. The fraction of sp³-hybridized carbons (Fsp3) is 0.414. The van der Waals surface area contributed by atoms with Crippen LogP contribution in [0.15, 0.2) is 53.9 Å². The van der Waals surface area contributed by atoms with E-state index in [1.54, 1.807) is 13.8 Å². The van der Waals surface area contributed by atoms with Gasteiger partial charge in [-0.3, -0.25) is 9.59 Å². The van der Waals surface area contributed by atoms with E-state index in [1.165, 1.54) is 6.92 Å². The maximum absolute atomic E-state index is 13.3. The van der Waals surface area contributed by atoms with E-state index >= 15 is 0 Å². The zero-order chi connectivity index (χ0) is 28.9.